The molecule has 0 aromatic heterocycles. The maximum atomic E-state index is 5.80. The van der Waals surface area contributed by atoms with Crippen molar-refractivity contribution in [3.8, 4) is 0 Å². The van der Waals surface area contributed by atoms with Crippen LogP contribution in [0.15, 0.2) is 41.4 Å². The SMILES string of the molecule is CCOC(CCNC(=NC)NCc1cccc(N2CC=CC2)c1)C(C)C. The number of aliphatic imine (C=N–C) groups is 1. The fourth-order valence-corrected chi connectivity index (χ4v) is 3.11. The summed E-state index contributed by atoms with van der Waals surface area (Å²) in [5.41, 5.74) is 2.53. The third-order valence-corrected chi connectivity index (χ3v) is 4.62. The minimum absolute atomic E-state index is 0.288. The molecule has 1 unspecified atom stereocenters. The average molecular weight is 359 g/mol. The number of benzene rings is 1. The third kappa shape index (κ3) is 6.37. The number of nitrogens with one attached hydrogen (secondary N) is 2. The van der Waals surface area contributed by atoms with Crippen LogP contribution < -0.4 is 15.5 Å². The quantitative estimate of drug-likeness (QED) is 0.404. The van der Waals surface area contributed by atoms with Crippen LogP contribution in [0.25, 0.3) is 0 Å². The summed E-state index contributed by atoms with van der Waals surface area (Å²) in [7, 11) is 1.81. The lowest BCUT2D eigenvalue weighted by Crippen LogP contribution is -2.39. The van der Waals surface area contributed by atoms with Gasteiger partial charge in [0.25, 0.3) is 0 Å². The Kier molecular flexibility index (Phi) is 8.48. The molecule has 2 N–H and O–H groups in total. The highest BCUT2D eigenvalue weighted by molar-refractivity contribution is 5.79. The molecule has 0 amide bonds. The molecule has 0 radical (unpaired) electrons. The Morgan fingerprint density at radius 3 is 2.65 bits per heavy atom. The van der Waals surface area contributed by atoms with Crippen LogP contribution >= 0.6 is 0 Å². The summed E-state index contributed by atoms with van der Waals surface area (Å²) in [6.07, 6.45) is 5.69. The van der Waals surface area contributed by atoms with Crippen molar-refractivity contribution < 1.29 is 4.74 Å². The molecular formula is C21H34N4O. The lowest BCUT2D eigenvalue weighted by molar-refractivity contribution is 0.0258. The van der Waals surface area contributed by atoms with Crippen LogP contribution in [0.1, 0.15) is 32.8 Å². The minimum Gasteiger partial charge on any atom is -0.378 e. The van der Waals surface area contributed by atoms with Gasteiger partial charge in [-0.15, -0.1) is 0 Å². The fourth-order valence-electron chi connectivity index (χ4n) is 3.11. The predicted molar refractivity (Wildman–Crippen MR) is 111 cm³/mol. The minimum atomic E-state index is 0.288. The van der Waals surface area contributed by atoms with Crippen molar-refractivity contribution in [1.82, 2.24) is 10.6 Å². The van der Waals surface area contributed by atoms with Gasteiger partial charge in [-0.3, -0.25) is 4.99 Å². The molecule has 1 aromatic carbocycles. The number of nitrogens with zero attached hydrogens (tertiary/aromatic N) is 2. The maximum Gasteiger partial charge on any atom is 0.191 e. The second kappa shape index (κ2) is 10.9. The highest BCUT2D eigenvalue weighted by Gasteiger charge is 2.13. The van der Waals surface area contributed by atoms with Crippen LogP contribution in [0.3, 0.4) is 0 Å². The van der Waals surface area contributed by atoms with Crippen molar-refractivity contribution in [1.29, 1.82) is 0 Å². The van der Waals surface area contributed by atoms with Crippen molar-refractivity contribution >= 4 is 11.6 Å². The summed E-state index contributed by atoms with van der Waals surface area (Å²) in [4.78, 5) is 6.68. The number of anilines is 1. The second-order valence-corrected chi connectivity index (χ2v) is 6.93. The van der Waals surface area contributed by atoms with Crippen LogP contribution in [0, 0.1) is 5.92 Å². The molecule has 26 heavy (non-hydrogen) atoms. The number of hydrogen-bond acceptors (Lipinski definition) is 3. The first-order valence-electron chi connectivity index (χ1n) is 9.69. The van der Waals surface area contributed by atoms with Crippen LogP contribution in [0.5, 0.6) is 0 Å². The van der Waals surface area contributed by atoms with Gasteiger partial charge in [0.1, 0.15) is 0 Å². The van der Waals surface area contributed by atoms with E-state index >= 15 is 0 Å². The van der Waals surface area contributed by atoms with Crippen molar-refractivity contribution in [3.05, 3.63) is 42.0 Å². The van der Waals surface area contributed by atoms with Crippen molar-refractivity contribution in [2.75, 3.05) is 38.2 Å². The highest BCUT2D eigenvalue weighted by Crippen LogP contribution is 2.18. The van der Waals surface area contributed by atoms with Gasteiger partial charge in [0.15, 0.2) is 5.96 Å². The average Bonchev–Trinajstić information content (AvgIpc) is 3.18. The zero-order chi connectivity index (χ0) is 18.8. The Bertz CT molecular complexity index is 589. The van der Waals surface area contributed by atoms with Crippen LogP contribution in [-0.2, 0) is 11.3 Å². The van der Waals surface area contributed by atoms with Gasteiger partial charge in [-0.25, -0.2) is 0 Å². The standard InChI is InChI=1S/C21H34N4O/c1-5-26-20(17(2)3)11-12-23-21(22-4)24-16-18-9-8-10-19(15-18)25-13-6-7-14-25/h6-10,15,17,20H,5,11-14,16H2,1-4H3,(H2,22,23,24). The Balaban J connectivity index is 1.79. The molecular weight excluding hydrogens is 324 g/mol. The van der Waals surface area contributed by atoms with Gasteiger partial charge in [-0.2, -0.15) is 0 Å². The van der Waals surface area contributed by atoms with E-state index in [-0.39, 0.29) is 6.10 Å². The smallest absolute Gasteiger partial charge is 0.191 e. The summed E-state index contributed by atoms with van der Waals surface area (Å²) in [5, 5.41) is 6.79. The van der Waals surface area contributed by atoms with E-state index in [4.69, 9.17) is 4.74 Å². The molecule has 1 atom stereocenters. The lowest BCUT2D eigenvalue weighted by Gasteiger charge is -2.21. The number of hydrogen-bond donors (Lipinski definition) is 2. The first-order valence-corrected chi connectivity index (χ1v) is 9.69. The molecule has 2 rings (SSSR count). The van der Waals surface area contributed by atoms with E-state index in [0.717, 1.165) is 45.2 Å². The molecule has 1 aliphatic rings. The maximum absolute atomic E-state index is 5.80. The molecule has 5 nitrogen and oxygen atoms in total. The van der Waals surface area contributed by atoms with Crippen molar-refractivity contribution in [3.63, 3.8) is 0 Å². The summed E-state index contributed by atoms with van der Waals surface area (Å²) in [5.74, 6) is 1.35. The topological polar surface area (TPSA) is 48.9 Å². The molecule has 0 aliphatic carbocycles. The zero-order valence-corrected chi connectivity index (χ0v) is 16.7. The van der Waals surface area contributed by atoms with Crippen LogP contribution in [0.2, 0.25) is 0 Å². The molecule has 0 bridgehead atoms. The van der Waals surface area contributed by atoms with Crippen molar-refractivity contribution in [2.24, 2.45) is 10.9 Å². The lowest BCUT2D eigenvalue weighted by atomic mass is 10.0. The zero-order valence-electron chi connectivity index (χ0n) is 16.7. The Morgan fingerprint density at radius 1 is 1.23 bits per heavy atom. The summed E-state index contributed by atoms with van der Waals surface area (Å²) >= 11 is 0. The third-order valence-electron chi connectivity index (χ3n) is 4.62. The number of rotatable bonds is 9. The first-order chi connectivity index (χ1) is 12.6. The fraction of sp³-hybridized carbons (Fsp3) is 0.571. The van der Waals surface area contributed by atoms with E-state index in [1.165, 1.54) is 11.3 Å². The predicted octanol–water partition coefficient (Wildman–Crippen LogP) is 3.18. The van der Waals surface area contributed by atoms with E-state index in [2.05, 4.69) is 77.7 Å². The van der Waals surface area contributed by atoms with E-state index in [1.807, 2.05) is 7.05 Å². The van der Waals surface area contributed by atoms with Crippen LogP contribution in [-0.4, -0.2) is 45.4 Å². The summed E-state index contributed by atoms with van der Waals surface area (Å²) in [6, 6.07) is 8.69. The molecule has 1 aliphatic heterocycles. The largest absolute Gasteiger partial charge is 0.378 e. The molecule has 5 heteroatoms. The van der Waals surface area contributed by atoms with E-state index in [1.54, 1.807) is 0 Å². The Labute approximate surface area is 158 Å². The number of guanidine groups is 1. The second-order valence-electron chi connectivity index (χ2n) is 6.93. The highest BCUT2D eigenvalue weighted by atomic mass is 16.5. The van der Waals surface area contributed by atoms with E-state index < -0.39 is 0 Å². The summed E-state index contributed by atoms with van der Waals surface area (Å²) < 4.78 is 5.80. The van der Waals surface area contributed by atoms with Crippen molar-refractivity contribution in [2.45, 2.75) is 39.8 Å². The molecule has 1 heterocycles. The Morgan fingerprint density at radius 2 is 2.00 bits per heavy atom. The first kappa shape index (κ1) is 20.3. The molecule has 0 fully saturated rings. The van der Waals surface area contributed by atoms with Gasteiger partial charge >= 0.3 is 0 Å². The normalized spacial score (nSPS) is 15.6. The van der Waals surface area contributed by atoms with Gasteiger partial charge in [0.2, 0.25) is 0 Å². The molecule has 0 saturated heterocycles. The van der Waals surface area contributed by atoms with Gasteiger partial charge in [0, 0.05) is 45.5 Å². The monoisotopic (exact) mass is 358 g/mol. The molecule has 0 saturated carbocycles. The van der Waals surface area contributed by atoms with Gasteiger partial charge in [-0.05, 0) is 37.0 Å². The number of ether oxygens (including phenoxy) is 1. The molecule has 0 spiro atoms. The Hall–Kier alpha value is -2.01. The van der Waals surface area contributed by atoms with Gasteiger partial charge < -0.3 is 20.3 Å². The van der Waals surface area contributed by atoms with Crippen LogP contribution in [0.4, 0.5) is 5.69 Å². The van der Waals surface area contributed by atoms with Gasteiger partial charge in [-0.1, -0.05) is 38.1 Å². The van der Waals surface area contributed by atoms with Gasteiger partial charge in [0.05, 0.1) is 6.10 Å². The molecule has 1 aromatic rings. The van der Waals surface area contributed by atoms with E-state index in [9.17, 15) is 0 Å². The van der Waals surface area contributed by atoms with E-state index in [0.29, 0.717) is 5.92 Å². The summed E-state index contributed by atoms with van der Waals surface area (Å²) in [6.45, 7) is 10.8. The molecule has 144 valence electrons.